The van der Waals surface area contributed by atoms with E-state index in [-0.39, 0.29) is 0 Å². The topological polar surface area (TPSA) is 9.23 Å². The zero-order valence-electron chi connectivity index (χ0n) is 30.2. The van der Waals surface area contributed by atoms with Gasteiger partial charge in [0.1, 0.15) is 11.5 Å². The molecule has 0 fully saturated rings. The average molecular weight is 701 g/mol. The zero-order chi connectivity index (χ0) is 36.4. The maximum Gasteiger partial charge on any atom is 0.132 e. The Bertz CT molecular complexity index is 2850. The van der Waals surface area contributed by atoms with Gasteiger partial charge in [-0.2, -0.15) is 0 Å². The van der Waals surface area contributed by atoms with Crippen molar-refractivity contribution in [3.8, 4) is 33.8 Å². The average Bonchev–Trinajstić information content (AvgIpc) is 3.58. The summed E-state index contributed by atoms with van der Waals surface area (Å²) in [4.78, 5) is 0. The fraction of sp³-hybridized carbons (Fsp3) is 0.0370. The molecule has 0 saturated heterocycles. The Morgan fingerprint density at radius 3 is 1.58 bits per heavy atom. The third-order valence-electron chi connectivity index (χ3n) is 12.1. The number of ether oxygens (including phenoxy) is 1. The van der Waals surface area contributed by atoms with Crippen LogP contribution in [0.4, 0.5) is 0 Å². The molecule has 0 radical (unpaired) electrons. The first-order valence-electron chi connectivity index (χ1n) is 19.1. The molecular formula is C54H36O. The van der Waals surface area contributed by atoms with Crippen LogP contribution in [0.3, 0.4) is 0 Å². The van der Waals surface area contributed by atoms with Gasteiger partial charge in [-0.25, -0.2) is 0 Å². The van der Waals surface area contributed by atoms with Gasteiger partial charge >= 0.3 is 0 Å². The van der Waals surface area contributed by atoms with Gasteiger partial charge in [-0.05, 0) is 90.7 Å². The van der Waals surface area contributed by atoms with Gasteiger partial charge in [-0.3, -0.25) is 0 Å². The lowest BCUT2D eigenvalue weighted by Crippen LogP contribution is -2.34. The van der Waals surface area contributed by atoms with Crippen molar-refractivity contribution < 1.29 is 4.74 Å². The molecule has 9 aromatic rings. The highest BCUT2D eigenvalue weighted by atomic mass is 16.5. The van der Waals surface area contributed by atoms with E-state index < -0.39 is 10.8 Å². The van der Waals surface area contributed by atoms with Crippen molar-refractivity contribution in [1.82, 2.24) is 0 Å². The Morgan fingerprint density at radius 2 is 0.855 bits per heavy atom. The summed E-state index contributed by atoms with van der Waals surface area (Å²) in [6.07, 6.45) is 0. The number of hydrogen-bond acceptors (Lipinski definition) is 1. The molecular weight excluding hydrogens is 665 g/mol. The summed E-state index contributed by atoms with van der Waals surface area (Å²) in [5, 5.41) is 2.54. The van der Waals surface area contributed by atoms with Crippen LogP contribution in [0.1, 0.15) is 44.5 Å². The van der Waals surface area contributed by atoms with Crippen LogP contribution in [-0.4, -0.2) is 0 Å². The van der Waals surface area contributed by atoms with Crippen LogP contribution in [0.25, 0.3) is 33.0 Å². The summed E-state index contributed by atoms with van der Waals surface area (Å²) in [7, 11) is 0. The van der Waals surface area contributed by atoms with Gasteiger partial charge in [0.15, 0.2) is 0 Å². The first kappa shape index (κ1) is 31.6. The first-order chi connectivity index (χ1) is 27.3. The van der Waals surface area contributed by atoms with E-state index in [0.717, 1.165) is 33.8 Å². The van der Waals surface area contributed by atoms with E-state index in [2.05, 4.69) is 218 Å². The van der Waals surface area contributed by atoms with Crippen molar-refractivity contribution in [2.45, 2.75) is 10.8 Å². The van der Waals surface area contributed by atoms with Gasteiger partial charge < -0.3 is 4.74 Å². The van der Waals surface area contributed by atoms with E-state index in [9.17, 15) is 0 Å². The van der Waals surface area contributed by atoms with Gasteiger partial charge in [0, 0.05) is 11.1 Å². The Kier molecular flexibility index (Phi) is 7.06. The van der Waals surface area contributed by atoms with Gasteiger partial charge in [0.05, 0.1) is 10.8 Å². The molecule has 2 aliphatic rings. The van der Waals surface area contributed by atoms with Crippen LogP contribution in [0.15, 0.2) is 218 Å². The molecule has 1 aliphatic carbocycles. The molecule has 0 aromatic heterocycles. The normalized spacial score (nSPS) is 16.0. The summed E-state index contributed by atoms with van der Waals surface area (Å²) in [5.41, 5.74) is 13.6. The minimum absolute atomic E-state index is 0.513. The van der Waals surface area contributed by atoms with E-state index in [1.807, 2.05) is 0 Å². The van der Waals surface area contributed by atoms with Crippen LogP contribution < -0.4 is 4.74 Å². The number of rotatable bonds is 5. The smallest absolute Gasteiger partial charge is 0.132 e. The maximum absolute atomic E-state index is 6.76. The highest BCUT2D eigenvalue weighted by Gasteiger charge is 2.48. The molecule has 258 valence electrons. The van der Waals surface area contributed by atoms with Crippen molar-refractivity contribution in [3.63, 3.8) is 0 Å². The second kappa shape index (κ2) is 12.3. The van der Waals surface area contributed by atoms with Crippen molar-refractivity contribution in [2.75, 3.05) is 0 Å². The first-order valence-corrected chi connectivity index (χ1v) is 19.1. The minimum atomic E-state index is -0.587. The standard InChI is InChI=1S/C54H36O/c1-4-19-40(20-5-1)53(41-21-6-2-7-22-41)47-29-14-15-30-50(47)55-51-34-32-39(36-49(51)53)38-18-16-25-43(35-38)54(42-23-8-3-9-24-42)46-28-13-12-27-45(46)52-44-26-11-10-17-37(44)31-33-48(52)54/h1-36H. The number of fused-ring (bicyclic) bond motifs is 7. The van der Waals surface area contributed by atoms with E-state index >= 15 is 0 Å². The van der Waals surface area contributed by atoms with Crippen LogP contribution in [0, 0.1) is 0 Å². The molecule has 0 amide bonds. The lowest BCUT2D eigenvalue weighted by Gasteiger charge is -2.41. The highest BCUT2D eigenvalue weighted by Crippen LogP contribution is 2.59. The largest absolute Gasteiger partial charge is 0.457 e. The molecule has 0 bridgehead atoms. The highest BCUT2D eigenvalue weighted by molar-refractivity contribution is 6.04. The Balaban J connectivity index is 1.17. The Morgan fingerprint density at radius 1 is 0.309 bits per heavy atom. The summed E-state index contributed by atoms with van der Waals surface area (Å²) in [6.45, 7) is 0. The number of para-hydroxylation sites is 1. The third kappa shape index (κ3) is 4.47. The second-order valence-electron chi connectivity index (χ2n) is 14.7. The van der Waals surface area contributed by atoms with Crippen molar-refractivity contribution in [2.24, 2.45) is 0 Å². The predicted molar refractivity (Wildman–Crippen MR) is 225 cm³/mol. The molecule has 1 atom stereocenters. The molecule has 55 heavy (non-hydrogen) atoms. The van der Waals surface area contributed by atoms with E-state index in [1.54, 1.807) is 0 Å². The van der Waals surface area contributed by atoms with Crippen LogP contribution in [0.5, 0.6) is 11.5 Å². The van der Waals surface area contributed by atoms with Crippen LogP contribution >= 0.6 is 0 Å². The lowest BCUT2D eigenvalue weighted by molar-refractivity contribution is 0.434. The molecule has 1 heterocycles. The van der Waals surface area contributed by atoms with E-state index in [1.165, 1.54) is 55.3 Å². The van der Waals surface area contributed by atoms with Crippen LogP contribution in [-0.2, 0) is 10.8 Å². The maximum atomic E-state index is 6.76. The number of benzene rings is 9. The molecule has 9 aromatic carbocycles. The molecule has 1 nitrogen and oxygen atoms in total. The van der Waals surface area contributed by atoms with Crippen LogP contribution in [0.2, 0.25) is 0 Å². The van der Waals surface area contributed by atoms with Crippen molar-refractivity contribution >= 4 is 10.8 Å². The quantitative estimate of drug-likeness (QED) is 0.174. The van der Waals surface area contributed by atoms with E-state index in [4.69, 9.17) is 4.74 Å². The van der Waals surface area contributed by atoms with Crippen molar-refractivity contribution in [3.05, 3.63) is 263 Å². The van der Waals surface area contributed by atoms with Gasteiger partial charge in [0.2, 0.25) is 0 Å². The lowest BCUT2D eigenvalue weighted by atomic mass is 9.63. The fourth-order valence-electron chi connectivity index (χ4n) is 9.84. The molecule has 0 spiro atoms. The predicted octanol–water partition coefficient (Wildman–Crippen LogP) is 13.4. The Hall–Kier alpha value is -6.96. The summed E-state index contributed by atoms with van der Waals surface area (Å²) in [5.74, 6) is 1.76. The zero-order valence-corrected chi connectivity index (χ0v) is 30.2. The molecule has 1 aliphatic heterocycles. The second-order valence-corrected chi connectivity index (χ2v) is 14.7. The minimum Gasteiger partial charge on any atom is -0.457 e. The molecule has 1 unspecified atom stereocenters. The summed E-state index contributed by atoms with van der Waals surface area (Å²) < 4.78 is 6.76. The SMILES string of the molecule is c1ccc(C2(c3ccccc3)c3ccccc3Oc3ccc(-c4cccc(C5(c6ccccc6)c6ccccc6-c6c5ccc5ccccc65)c4)cc32)cc1. The third-order valence-corrected chi connectivity index (χ3v) is 12.1. The number of hydrogen-bond donors (Lipinski definition) is 0. The molecule has 0 N–H and O–H groups in total. The molecule has 11 rings (SSSR count). The summed E-state index contributed by atoms with van der Waals surface area (Å²) in [6, 6.07) is 80.0. The van der Waals surface area contributed by atoms with E-state index in [0.29, 0.717) is 0 Å². The van der Waals surface area contributed by atoms with Gasteiger partial charge in [-0.15, -0.1) is 0 Å². The Labute approximate surface area is 321 Å². The summed E-state index contributed by atoms with van der Waals surface area (Å²) >= 11 is 0. The van der Waals surface area contributed by atoms with Gasteiger partial charge in [0.25, 0.3) is 0 Å². The molecule has 1 heteroatoms. The molecule has 0 saturated carbocycles. The van der Waals surface area contributed by atoms with Crippen molar-refractivity contribution in [1.29, 1.82) is 0 Å². The monoisotopic (exact) mass is 700 g/mol. The van der Waals surface area contributed by atoms with Gasteiger partial charge in [-0.1, -0.05) is 194 Å². The fourth-order valence-corrected chi connectivity index (χ4v) is 9.84.